The third-order valence-corrected chi connectivity index (χ3v) is 18.2. The third-order valence-electron chi connectivity index (χ3n) is 18.2. The average Bonchev–Trinajstić information content (AvgIpc) is 2.62. The van der Waals surface area contributed by atoms with Crippen LogP contribution < -0.4 is 0 Å². The van der Waals surface area contributed by atoms with Gasteiger partial charge in [0.2, 0.25) is 0 Å². The smallest absolute Gasteiger partial charge is 0.361 e. The number of hydrogen-bond acceptors (Lipinski definition) is 7. The second-order valence-electron chi connectivity index (χ2n) is 29.0. The van der Waals surface area contributed by atoms with Gasteiger partial charge < -0.3 is 28.5 Å². The molecule has 9 nitrogen and oxygen atoms in total. The Morgan fingerprint density at radius 2 is 0.545 bits per heavy atom. The highest BCUT2D eigenvalue weighted by molar-refractivity contribution is 5.71. The molecule has 2 atom stereocenters. The van der Waals surface area contributed by atoms with Crippen LogP contribution in [0.1, 0.15) is 373 Å². The third kappa shape index (κ3) is 80.9. The molecule has 0 aliphatic heterocycles. The Balaban J connectivity index is 3.96. The molecule has 1 N–H and O–H groups in total. The van der Waals surface area contributed by atoms with Crippen LogP contribution in [0.4, 0.5) is 0 Å². The minimum atomic E-state index is -1.51. The first kappa shape index (κ1) is 94.7. The molecule has 0 saturated heterocycles. The Morgan fingerprint density at radius 3 is 0.808 bits per heavy atom. The largest absolute Gasteiger partial charge is 0.477 e. The number of ether oxygens (including phenoxy) is 4. The normalized spacial score (nSPS) is 13.3. The summed E-state index contributed by atoms with van der Waals surface area (Å²) in [5.74, 6) is -1.98. The summed E-state index contributed by atoms with van der Waals surface area (Å²) in [6.07, 6.45) is 111. The summed E-state index contributed by atoms with van der Waals surface area (Å²) in [6, 6.07) is 0. The minimum absolute atomic E-state index is 0.181. The van der Waals surface area contributed by atoms with E-state index in [1.54, 1.807) is 0 Å². The van der Waals surface area contributed by atoms with E-state index in [0.29, 0.717) is 17.4 Å². The Hall–Kier alpha value is -4.31. The number of carboxylic acids is 1. The fourth-order valence-electron chi connectivity index (χ4n) is 12.0. The minimum Gasteiger partial charge on any atom is -0.477 e. The summed E-state index contributed by atoms with van der Waals surface area (Å²) in [7, 11) is 5.99. The predicted molar refractivity (Wildman–Crippen MR) is 428 cm³/mol. The number of unbranched alkanes of at least 4 members (excludes halogenated alkanes) is 42. The van der Waals surface area contributed by atoms with Crippen LogP contribution in [0.3, 0.4) is 0 Å². The lowest BCUT2D eigenvalue weighted by atomic mass is 10.0. The maximum Gasteiger partial charge on any atom is 0.361 e. The van der Waals surface area contributed by atoms with Gasteiger partial charge in [-0.1, -0.05) is 379 Å². The van der Waals surface area contributed by atoms with Gasteiger partial charge in [0.25, 0.3) is 6.29 Å². The molecule has 0 bridgehead atoms. The number of hydrogen-bond donors (Lipinski definition) is 1. The second kappa shape index (κ2) is 79.4. The van der Waals surface area contributed by atoms with Crippen molar-refractivity contribution in [2.24, 2.45) is 0 Å². The van der Waals surface area contributed by atoms with Crippen molar-refractivity contribution < 1.29 is 42.9 Å². The lowest BCUT2D eigenvalue weighted by Gasteiger charge is -2.25. The van der Waals surface area contributed by atoms with Crippen LogP contribution in [0.2, 0.25) is 0 Å². The maximum atomic E-state index is 13.0. The van der Waals surface area contributed by atoms with E-state index in [-0.39, 0.29) is 38.2 Å². The van der Waals surface area contributed by atoms with Crippen molar-refractivity contribution in [3.8, 4) is 0 Å². The quantitative estimate of drug-likeness (QED) is 0.0211. The van der Waals surface area contributed by atoms with Gasteiger partial charge in [0.05, 0.1) is 34.4 Å². The van der Waals surface area contributed by atoms with E-state index in [4.69, 9.17) is 18.9 Å². The lowest BCUT2D eigenvalue weighted by molar-refractivity contribution is -0.870. The number of carbonyl (C=O) groups excluding carboxylic acids is 2. The number of carboxylic acid groups (broad SMARTS) is 1. The topological polar surface area (TPSA) is 108 Å². The Morgan fingerprint density at radius 1 is 0.303 bits per heavy atom. The first-order valence-corrected chi connectivity index (χ1v) is 41.7. The Kier molecular flexibility index (Phi) is 75.9. The molecule has 0 radical (unpaired) electrons. The van der Waals surface area contributed by atoms with Gasteiger partial charge in [0.1, 0.15) is 13.2 Å². The molecule has 0 amide bonds. The number of nitrogens with zero attached hydrogens (tertiary/aromatic N) is 1. The van der Waals surface area contributed by atoms with E-state index in [1.165, 1.54) is 244 Å². The van der Waals surface area contributed by atoms with Crippen molar-refractivity contribution in [1.29, 1.82) is 0 Å². The van der Waals surface area contributed by atoms with Crippen LogP contribution in [0.5, 0.6) is 0 Å². The molecule has 0 saturated carbocycles. The molecule has 0 aromatic heterocycles. The zero-order valence-corrected chi connectivity index (χ0v) is 65.4. The van der Waals surface area contributed by atoms with E-state index in [1.807, 2.05) is 21.1 Å². The highest BCUT2D eigenvalue weighted by Gasteiger charge is 2.25. The van der Waals surface area contributed by atoms with Crippen molar-refractivity contribution >= 4 is 17.9 Å². The SMILES string of the molecule is CC/C=C\C/C=C\C/C=C\C/C=C\C/C=C\CCCCCCCCCCCCCCCCCCCCCCCCCCCC(=O)OC(COC(=O)CCCCCCCCCCCCCCCCCCC/C=C\C/C=C\C/C=C\C/C=C\C/C=C\CC)COC(OCC[N+](C)(C)C)C(=O)O. The van der Waals surface area contributed by atoms with Crippen molar-refractivity contribution in [3.05, 3.63) is 122 Å². The van der Waals surface area contributed by atoms with Gasteiger partial charge in [-0.05, 0) is 103 Å². The molecule has 0 aliphatic rings. The van der Waals surface area contributed by atoms with Gasteiger partial charge in [0, 0.05) is 12.8 Å². The van der Waals surface area contributed by atoms with Crippen molar-refractivity contribution in [3.63, 3.8) is 0 Å². The summed E-state index contributed by atoms with van der Waals surface area (Å²) >= 11 is 0. The molecule has 9 heteroatoms. The highest BCUT2D eigenvalue weighted by atomic mass is 16.7. The molecular weight excluding hydrogens is 1220 g/mol. The molecule has 0 aliphatic carbocycles. The summed E-state index contributed by atoms with van der Waals surface area (Å²) in [5.41, 5.74) is 0. The summed E-state index contributed by atoms with van der Waals surface area (Å²) < 4.78 is 23.1. The second-order valence-corrected chi connectivity index (χ2v) is 29.0. The first-order valence-electron chi connectivity index (χ1n) is 41.7. The molecule has 570 valence electrons. The maximum absolute atomic E-state index is 13.0. The van der Waals surface area contributed by atoms with Gasteiger partial charge in [-0.3, -0.25) is 9.59 Å². The molecular formula is C90H158NO8+. The predicted octanol–water partition coefficient (Wildman–Crippen LogP) is 27.0. The zero-order chi connectivity index (χ0) is 71.8. The number of carbonyl (C=O) groups is 3. The van der Waals surface area contributed by atoms with Crippen molar-refractivity contribution in [1.82, 2.24) is 0 Å². The number of allylic oxidation sites excluding steroid dienone is 20. The Bertz CT molecular complexity index is 2050. The van der Waals surface area contributed by atoms with Crippen LogP contribution in [-0.4, -0.2) is 87.4 Å². The number of aliphatic carboxylic acids is 1. The van der Waals surface area contributed by atoms with Crippen molar-refractivity contribution in [2.75, 3.05) is 47.5 Å². The van der Waals surface area contributed by atoms with Crippen LogP contribution in [-0.2, 0) is 33.3 Å². The summed E-state index contributed by atoms with van der Waals surface area (Å²) in [4.78, 5) is 37.8. The van der Waals surface area contributed by atoms with Crippen molar-refractivity contribution in [2.45, 2.75) is 386 Å². The van der Waals surface area contributed by atoms with Gasteiger partial charge in [-0.25, -0.2) is 4.79 Å². The van der Waals surface area contributed by atoms with Gasteiger partial charge >= 0.3 is 17.9 Å². The van der Waals surface area contributed by atoms with E-state index >= 15 is 0 Å². The molecule has 0 fully saturated rings. The van der Waals surface area contributed by atoms with Gasteiger partial charge in [-0.2, -0.15) is 0 Å². The van der Waals surface area contributed by atoms with Crippen LogP contribution in [0.25, 0.3) is 0 Å². The molecule has 0 aromatic carbocycles. The number of quaternary nitrogens is 1. The monoisotopic (exact) mass is 1380 g/mol. The lowest BCUT2D eigenvalue weighted by Crippen LogP contribution is -2.40. The van der Waals surface area contributed by atoms with Gasteiger partial charge in [-0.15, -0.1) is 0 Å². The average molecular weight is 1380 g/mol. The van der Waals surface area contributed by atoms with Crippen LogP contribution in [0, 0.1) is 0 Å². The van der Waals surface area contributed by atoms with E-state index < -0.39 is 18.4 Å². The zero-order valence-electron chi connectivity index (χ0n) is 65.4. The molecule has 0 rings (SSSR count). The summed E-state index contributed by atoms with van der Waals surface area (Å²) in [5, 5.41) is 9.78. The molecule has 0 spiro atoms. The molecule has 0 aromatic rings. The molecule has 99 heavy (non-hydrogen) atoms. The highest BCUT2D eigenvalue weighted by Crippen LogP contribution is 2.19. The Labute approximate surface area is 612 Å². The fraction of sp³-hybridized carbons (Fsp3) is 0.744. The fourth-order valence-corrected chi connectivity index (χ4v) is 12.0. The first-order chi connectivity index (χ1) is 48.6. The van der Waals surface area contributed by atoms with Crippen LogP contribution >= 0.6 is 0 Å². The molecule has 2 unspecified atom stereocenters. The number of likely N-dealkylation sites (N-methyl/N-ethyl adjacent to an activating group) is 1. The van der Waals surface area contributed by atoms with E-state index in [2.05, 4.69) is 135 Å². The van der Waals surface area contributed by atoms with Gasteiger partial charge in [0.15, 0.2) is 6.10 Å². The van der Waals surface area contributed by atoms with Crippen LogP contribution in [0.15, 0.2) is 122 Å². The number of rotatable bonds is 77. The summed E-state index contributed by atoms with van der Waals surface area (Å²) in [6.45, 7) is 4.70. The number of esters is 2. The van der Waals surface area contributed by atoms with E-state index in [9.17, 15) is 19.5 Å². The van der Waals surface area contributed by atoms with E-state index in [0.717, 1.165) is 103 Å². The standard InChI is InChI=1S/C90H157NO8/c1-6-8-10-12-14-16-18-20-22-24-26-28-30-32-34-36-38-40-41-42-43-44-45-46-47-49-51-53-55-57-59-61-63-65-67-69-71-73-75-77-79-81-88(93)99-86(85-98-90(89(94)95)96-83-82-91(3,4)5)84-97-87(92)80-78-76-74-72-70-68-66-64-62-60-58-56-54-52-50-48-39-37-35-33-31-29-27-25-23-21-19-17-15-13-11-9-7-2/h8-11,14-17,20-23,26-29,32-35,86,90H,6-7,12-13,18-19,24-25,30-31,36-85H2,1-5H3/p+1/b10-8-,11-9-,16-14-,17-15-,22-20-,23-21-,28-26-,29-27-,34-32-,35-33-. The molecule has 0 heterocycles.